The monoisotopic (exact) mass is 168 g/mol. The zero-order valence-corrected chi connectivity index (χ0v) is 9.14. The fourth-order valence-corrected chi connectivity index (χ4v) is 2.70. The molecule has 0 aromatic carbocycles. The molecule has 0 spiro atoms. The smallest absolute Gasteiger partial charge is 0.0358 e. The molecule has 12 heavy (non-hydrogen) atoms. The van der Waals surface area contributed by atoms with E-state index in [4.69, 9.17) is 0 Å². The van der Waals surface area contributed by atoms with E-state index in [1.54, 1.807) is 0 Å². The van der Waals surface area contributed by atoms with Crippen LogP contribution in [0, 0.1) is 23.7 Å². The normalized spacial score (nSPS) is 31.8. The summed E-state index contributed by atoms with van der Waals surface area (Å²) in [5, 5.41) is 0. The van der Waals surface area contributed by atoms with Gasteiger partial charge in [-0.3, -0.25) is 0 Å². The van der Waals surface area contributed by atoms with Gasteiger partial charge in [-0.1, -0.05) is 47.0 Å². The van der Waals surface area contributed by atoms with Crippen LogP contribution in [0.4, 0.5) is 0 Å². The Bertz CT molecular complexity index is 126. The largest absolute Gasteiger partial charge is 0.0654 e. The average Bonchev–Trinajstić information content (AvgIpc) is 2.01. The van der Waals surface area contributed by atoms with Gasteiger partial charge >= 0.3 is 0 Å². The highest BCUT2D eigenvalue weighted by Gasteiger charge is 2.34. The van der Waals surface area contributed by atoms with E-state index >= 15 is 0 Å². The van der Waals surface area contributed by atoms with Crippen LogP contribution in [0.1, 0.15) is 53.4 Å². The summed E-state index contributed by atoms with van der Waals surface area (Å²) >= 11 is 0. The van der Waals surface area contributed by atoms with E-state index in [-0.39, 0.29) is 0 Å². The third kappa shape index (κ3) is 2.02. The lowest BCUT2D eigenvalue weighted by atomic mass is 9.64. The van der Waals surface area contributed by atoms with E-state index in [1.807, 2.05) is 0 Å². The van der Waals surface area contributed by atoms with Crippen LogP contribution >= 0.6 is 0 Å². The molecule has 3 unspecified atom stereocenters. The van der Waals surface area contributed by atoms with E-state index < -0.39 is 0 Å². The number of hydrogen-bond donors (Lipinski definition) is 0. The van der Waals surface area contributed by atoms with Gasteiger partial charge in [0, 0.05) is 0 Å². The lowest BCUT2D eigenvalue weighted by Crippen LogP contribution is -2.33. The summed E-state index contributed by atoms with van der Waals surface area (Å²) in [5.41, 5.74) is 0. The summed E-state index contributed by atoms with van der Waals surface area (Å²) in [4.78, 5) is 0. The van der Waals surface area contributed by atoms with Crippen molar-refractivity contribution in [3.8, 4) is 0 Å². The molecular weight excluding hydrogens is 144 g/mol. The summed E-state index contributed by atoms with van der Waals surface area (Å²) in [5.74, 6) is 3.99. The van der Waals surface area contributed by atoms with E-state index in [9.17, 15) is 0 Å². The van der Waals surface area contributed by atoms with Gasteiger partial charge in [0.25, 0.3) is 0 Å². The highest BCUT2D eigenvalue weighted by Crippen LogP contribution is 2.43. The molecule has 0 amide bonds. The molecule has 0 aromatic heterocycles. The Labute approximate surface area is 77.7 Å². The van der Waals surface area contributed by atoms with Gasteiger partial charge < -0.3 is 0 Å². The summed E-state index contributed by atoms with van der Waals surface area (Å²) < 4.78 is 0. The standard InChI is InChI=1S/C12H24/c1-5-6-11(9(2)3)12-8-7-10(12)4/h9-12H,5-8H2,1-4H3. The van der Waals surface area contributed by atoms with Gasteiger partial charge in [-0.05, 0) is 30.1 Å². The third-order valence-electron chi connectivity index (χ3n) is 3.71. The van der Waals surface area contributed by atoms with Crippen molar-refractivity contribution in [3.05, 3.63) is 0 Å². The van der Waals surface area contributed by atoms with Crippen molar-refractivity contribution in [2.45, 2.75) is 53.4 Å². The van der Waals surface area contributed by atoms with Crippen LogP contribution in [-0.2, 0) is 0 Å². The fraction of sp³-hybridized carbons (Fsp3) is 1.00. The predicted octanol–water partition coefficient (Wildman–Crippen LogP) is 4.10. The van der Waals surface area contributed by atoms with Gasteiger partial charge in [-0.2, -0.15) is 0 Å². The Kier molecular flexibility index (Phi) is 3.61. The van der Waals surface area contributed by atoms with Gasteiger partial charge in [-0.25, -0.2) is 0 Å². The summed E-state index contributed by atoms with van der Waals surface area (Å²) in [7, 11) is 0. The van der Waals surface area contributed by atoms with Crippen molar-refractivity contribution in [1.29, 1.82) is 0 Å². The van der Waals surface area contributed by atoms with E-state index in [0.717, 1.165) is 23.7 Å². The van der Waals surface area contributed by atoms with Gasteiger partial charge in [0.15, 0.2) is 0 Å². The zero-order valence-electron chi connectivity index (χ0n) is 9.14. The second kappa shape index (κ2) is 4.30. The van der Waals surface area contributed by atoms with Crippen molar-refractivity contribution in [3.63, 3.8) is 0 Å². The molecule has 72 valence electrons. The maximum atomic E-state index is 2.43. The second-order valence-electron chi connectivity index (χ2n) is 4.92. The minimum Gasteiger partial charge on any atom is -0.0654 e. The van der Waals surface area contributed by atoms with Crippen LogP contribution in [0.25, 0.3) is 0 Å². The molecule has 0 nitrogen and oxygen atoms in total. The first-order valence-electron chi connectivity index (χ1n) is 5.66. The topological polar surface area (TPSA) is 0 Å². The zero-order chi connectivity index (χ0) is 9.14. The van der Waals surface area contributed by atoms with Crippen LogP contribution in [-0.4, -0.2) is 0 Å². The van der Waals surface area contributed by atoms with Gasteiger partial charge in [-0.15, -0.1) is 0 Å². The second-order valence-corrected chi connectivity index (χ2v) is 4.92. The van der Waals surface area contributed by atoms with Gasteiger partial charge in [0.2, 0.25) is 0 Å². The molecule has 1 aliphatic carbocycles. The molecule has 0 aliphatic heterocycles. The Morgan fingerprint density at radius 2 is 1.92 bits per heavy atom. The summed E-state index contributed by atoms with van der Waals surface area (Å²) in [6.45, 7) is 9.54. The van der Waals surface area contributed by atoms with Crippen molar-refractivity contribution in [1.82, 2.24) is 0 Å². The SMILES string of the molecule is CCCC(C(C)C)C1CCC1C. The molecular formula is C12H24. The number of rotatable bonds is 4. The van der Waals surface area contributed by atoms with Gasteiger partial charge in [0.1, 0.15) is 0 Å². The molecule has 1 aliphatic rings. The van der Waals surface area contributed by atoms with Crippen molar-refractivity contribution < 1.29 is 0 Å². The molecule has 1 rings (SSSR count). The van der Waals surface area contributed by atoms with Crippen LogP contribution in [0.15, 0.2) is 0 Å². The molecule has 0 bridgehead atoms. The first-order chi connectivity index (χ1) is 5.66. The van der Waals surface area contributed by atoms with E-state index in [1.165, 1.54) is 25.7 Å². The van der Waals surface area contributed by atoms with Gasteiger partial charge in [0.05, 0.1) is 0 Å². The molecule has 0 heteroatoms. The molecule has 3 atom stereocenters. The van der Waals surface area contributed by atoms with Crippen LogP contribution in [0.3, 0.4) is 0 Å². The third-order valence-corrected chi connectivity index (χ3v) is 3.71. The minimum atomic E-state index is 0.901. The van der Waals surface area contributed by atoms with Crippen LogP contribution in [0.5, 0.6) is 0 Å². The Hall–Kier alpha value is 0. The molecule has 0 heterocycles. The van der Waals surface area contributed by atoms with Crippen molar-refractivity contribution in [2.75, 3.05) is 0 Å². The maximum Gasteiger partial charge on any atom is -0.0358 e. The molecule has 0 saturated heterocycles. The Morgan fingerprint density at radius 3 is 2.17 bits per heavy atom. The summed E-state index contributed by atoms with van der Waals surface area (Å²) in [6, 6.07) is 0. The first-order valence-corrected chi connectivity index (χ1v) is 5.66. The minimum absolute atomic E-state index is 0.901. The van der Waals surface area contributed by atoms with Crippen molar-refractivity contribution >= 4 is 0 Å². The highest BCUT2D eigenvalue weighted by atomic mass is 14.4. The van der Waals surface area contributed by atoms with Crippen LogP contribution < -0.4 is 0 Å². The predicted molar refractivity (Wildman–Crippen MR) is 55.1 cm³/mol. The van der Waals surface area contributed by atoms with E-state index in [2.05, 4.69) is 27.7 Å². The highest BCUT2D eigenvalue weighted by molar-refractivity contribution is 4.84. The Morgan fingerprint density at radius 1 is 1.25 bits per heavy atom. The van der Waals surface area contributed by atoms with E-state index in [0.29, 0.717) is 0 Å². The average molecular weight is 168 g/mol. The quantitative estimate of drug-likeness (QED) is 0.592. The molecule has 0 N–H and O–H groups in total. The first kappa shape index (κ1) is 10.1. The number of hydrogen-bond acceptors (Lipinski definition) is 0. The lowest BCUT2D eigenvalue weighted by Gasteiger charge is -2.42. The molecule has 0 aromatic rings. The molecule has 1 saturated carbocycles. The fourth-order valence-electron chi connectivity index (χ4n) is 2.70. The molecule has 0 radical (unpaired) electrons. The summed E-state index contributed by atoms with van der Waals surface area (Å²) in [6.07, 6.45) is 5.81. The van der Waals surface area contributed by atoms with Crippen LogP contribution in [0.2, 0.25) is 0 Å². The van der Waals surface area contributed by atoms with Crippen molar-refractivity contribution in [2.24, 2.45) is 23.7 Å². The molecule has 1 fully saturated rings. The lowest BCUT2D eigenvalue weighted by molar-refractivity contribution is 0.0815. The maximum absolute atomic E-state index is 2.43. The Balaban J connectivity index is 2.41.